The van der Waals surface area contributed by atoms with Crippen LogP contribution in [0.15, 0.2) is 11.8 Å². The van der Waals surface area contributed by atoms with Gasteiger partial charge in [0.15, 0.2) is 0 Å². The summed E-state index contributed by atoms with van der Waals surface area (Å²) in [6, 6.07) is 0.610. The van der Waals surface area contributed by atoms with Gasteiger partial charge in [0.05, 0.1) is 5.75 Å². The third-order valence-corrected chi connectivity index (χ3v) is 4.65. The number of amides is 3. The second kappa shape index (κ2) is 10.6. The predicted octanol–water partition coefficient (Wildman–Crippen LogP) is 0.00138. The first-order chi connectivity index (χ1) is 11.9. The van der Waals surface area contributed by atoms with E-state index in [1.807, 2.05) is 6.26 Å². The van der Waals surface area contributed by atoms with Gasteiger partial charge in [0.1, 0.15) is 17.7 Å². The maximum atomic E-state index is 12.0. The SMILES string of the molecule is CSCCC(NC(=O)/C(C#N)=C\NCCN1C(=O)CSC1=O)C(=O)O. The van der Waals surface area contributed by atoms with Crippen LogP contribution in [0.3, 0.4) is 0 Å². The Hall–Kier alpha value is -2.19. The van der Waals surface area contributed by atoms with Gasteiger partial charge in [-0.1, -0.05) is 11.8 Å². The van der Waals surface area contributed by atoms with Gasteiger partial charge in [-0.15, -0.1) is 0 Å². The fourth-order valence-electron chi connectivity index (χ4n) is 1.83. The average molecular weight is 386 g/mol. The van der Waals surface area contributed by atoms with E-state index in [0.29, 0.717) is 5.75 Å². The maximum absolute atomic E-state index is 12.0. The van der Waals surface area contributed by atoms with E-state index in [9.17, 15) is 19.2 Å². The molecule has 136 valence electrons. The molecule has 1 unspecified atom stereocenters. The largest absolute Gasteiger partial charge is 0.480 e. The van der Waals surface area contributed by atoms with Crippen molar-refractivity contribution in [3.8, 4) is 6.07 Å². The second-order valence-corrected chi connectivity index (χ2v) is 6.78. The number of hydrogen-bond donors (Lipinski definition) is 3. The number of carboxylic acids is 1. The van der Waals surface area contributed by atoms with Crippen molar-refractivity contribution in [1.82, 2.24) is 15.5 Å². The summed E-state index contributed by atoms with van der Waals surface area (Å²) in [7, 11) is 0. The second-order valence-electron chi connectivity index (χ2n) is 4.87. The monoisotopic (exact) mass is 386 g/mol. The molecule has 1 saturated heterocycles. The number of nitrogens with one attached hydrogen (secondary N) is 2. The fourth-order valence-corrected chi connectivity index (χ4v) is 3.05. The van der Waals surface area contributed by atoms with Crippen LogP contribution in [0.5, 0.6) is 0 Å². The van der Waals surface area contributed by atoms with Crippen LogP contribution in [0, 0.1) is 11.3 Å². The lowest BCUT2D eigenvalue weighted by Crippen LogP contribution is -2.42. The molecule has 1 aliphatic rings. The molecule has 3 amide bonds. The van der Waals surface area contributed by atoms with Crippen LogP contribution in [-0.4, -0.2) is 69.9 Å². The molecule has 0 aliphatic carbocycles. The summed E-state index contributed by atoms with van der Waals surface area (Å²) in [6.07, 6.45) is 3.20. The zero-order chi connectivity index (χ0) is 18.8. The van der Waals surface area contributed by atoms with E-state index in [4.69, 9.17) is 10.4 Å². The van der Waals surface area contributed by atoms with Crippen molar-refractivity contribution in [2.45, 2.75) is 12.5 Å². The molecule has 9 nitrogen and oxygen atoms in total. The van der Waals surface area contributed by atoms with Gasteiger partial charge in [0, 0.05) is 19.3 Å². The molecule has 0 aromatic carbocycles. The Kier molecular flexibility index (Phi) is 8.87. The molecule has 1 rings (SSSR count). The summed E-state index contributed by atoms with van der Waals surface area (Å²) in [6.45, 7) is 0.290. The average Bonchev–Trinajstić information content (AvgIpc) is 2.89. The first-order valence-electron chi connectivity index (χ1n) is 7.24. The van der Waals surface area contributed by atoms with Crippen LogP contribution < -0.4 is 10.6 Å². The predicted molar refractivity (Wildman–Crippen MR) is 93.8 cm³/mol. The van der Waals surface area contributed by atoms with Gasteiger partial charge in [-0.25, -0.2) is 4.79 Å². The highest BCUT2D eigenvalue weighted by atomic mass is 32.2. The van der Waals surface area contributed by atoms with E-state index < -0.39 is 17.9 Å². The van der Waals surface area contributed by atoms with E-state index in [-0.39, 0.29) is 42.0 Å². The van der Waals surface area contributed by atoms with Gasteiger partial charge in [0.25, 0.3) is 11.1 Å². The summed E-state index contributed by atoms with van der Waals surface area (Å²) in [5, 5.41) is 22.7. The van der Waals surface area contributed by atoms with Crippen molar-refractivity contribution >= 4 is 46.5 Å². The summed E-state index contributed by atoms with van der Waals surface area (Å²) in [5.74, 6) is -1.58. The van der Waals surface area contributed by atoms with Crippen LogP contribution in [0.1, 0.15) is 6.42 Å². The number of rotatable bonds is 10. The Balaban J connectivity index is 2.52. The Morgan fingerprint density at radius 1 is 1.52 bits per heavy atom. The minimum absolute atomic E-state index is 0.118. The molecular weight excluding hydrogens is 368 g/mol. The van der Waals surface area contributed by atoms with E-state index in [1.165, 1.54) is 11.8 Å². The van der Waals surface area contributed by atoms with Crippen LogP contribution >= 0.6 is 23.5 Å². The van der Waals surface area contributed by atoms with Crippen LogP contribution in [0.4, 0.5) is 4.79 Å². The van der Waals surface area contributed by atoms with Gasteiger partial charge < -0.3 is 15.7 Å². The molecule has 0 aromatic rings. The van der Waals surface area contributed by atoms with Crippen molar-refractivity contribution in [2.24, 2.45) is 0 Å². The number of carbonyl (C=O) groups excluding carboxylic acids is 3. The third-order valence-electron chi connectivity index (χ3n) is 3.15. The van der Waals surface area contributed by atoms with Gasteiger partial charge in [-0.05, 0) is 18.4 Å². The highest BCUT2D eigenvalue weighted by Crippen LogP contribution is 2.17. The van der Waals surface area contributed by atoms with Gasteiger partial charge in [-0.2, -0.15) is 17.0 Å². The summed E-state index contributed by atoms with van der Waals surface area (Å²) in [4.78, 5) is 47.0. The molecular formula is C14H18N4O5S2. The number of hydrogen-bond acceptors (Lipinski definition) is 8. The molecule has 1 aliphatic heterocycles. The van der Waals surface area contributed by atoms with Crippen LogP contribution in [0.25, 0.3) is 0 Å². The van der Waals surface area contributed by atoms with E-state index in [0.717, 1.165) is 22.9 Å². The molecule has 0 aromatic heterocycles. The standard InChI is InChI=1S/C14H18N4O5S2/c1-24-5-2-10(13(21)22)17-12(20)9(6-15)7-16-3-4-18-11(19)8-25-14(18)23/h7,10,16H,2-5,8H2,1H3,(H,17,20)(H,21,22)/b9-7-. The number of thioether (sulfide) groups is 2. The molecule has 0 bridgehead atoms. The van der Waals surface area contributed by atoms with Crippen molar-refractivity contribution in [3.05, 3.63) is 11.8 Å². The van der Waals surface area contributed by atoms with Gasteiger partial charge in [0.2, 0.25) is 5.91 Å². The van der Waals surface area contributed by atoms with Gasteiger partial charge >= 0.3 is 5.97 Å². The van der Waals surface area contributed by atoms with Crippen LogP contribution in [0.2, 0.25) is 0 Å². The Bertz CT molecular complexity index is 601. The molecule has 3 N–H and O–H groups in total. The molecule has 1 atom stereocenters. The molecule has 11 heteroatoms. The lowest BCUT2D eigenvalue weighted by atomic mass is 10.2. The van der Waals surface area contributed by atoms with Crippen molar-refractivity contribution in [2.75, 3.05) is 30.9 Å². The number of aliphatic carboxylic acids is 1. The van der Waals surface area contributed by atoms with Gasteiger partial charge in [-0.3, -0.25) is 19.3 Å². The summed E-state index contributed by atoms with van der Waals surface area (Å²) < 4.78 is 0. The Labute approximate surface area is 153 Å². The smallest absolute Gasteiger partial charge is 0.326 e. The highest BCUT2D eigenvalue weighted by Gasteiger charge is 2.29. The first-order valence-corrected chi connectivity index (χ1v) is 9.62. The topological polar surface area (TPSA) is 140 Å². The van der Waals surface area contributed by atoms with Crippen molar-refractivity contribution in [3.63, 3.8) is 0 Å². The molecule has 25 heavy (non-hydrogen) atoms. The number of carbonyl (C=O) groups is 4. The lowest BCUT2D eigenvalue weighted by Gasteiger charge is -2.14. The Morgan fingerprint density at radius 2 is 2.24 bits per heavy atom. The zero-order valence-corrected chi connectivity index (χ0v) is 15.1. The molecule has 0 radical (unpaired) electrons. The van der Waals surface area contributed by atoms with Crippen molar-refractivity contribution in [1.29, 1.82) is 5.26 Å². The van der Waals surface area contributed by atoms with E-state index in [2.05, 4.69) is 10.6 Å². The molecule has 0 spiro atoms. The van der Waals surface area contributed by atoms with Crippen LogP contribution in [-0.2, 0) is 14.4 Å². The first kappa shape index (κ1) is 20.9. The summed E-state index contributed by atoms with van der Waals surface area (Å²) >= 11 is 2.37. The Morgan fingerprint density at radius 3 is 2.76 bits per heavy atom. The fraction of sp³-hybridized carbons (Fsp3) is 0.500. The van der Waals surface area contributed by atoms with Crippen molar-refractivity contribution < 1.29 is 24.3 Å². The summed E-state index contributed by atoms with van der Waals surface area (Å²) in [5.41, 5.74) is -0.288. The number of carboxylic acid groups (broad SMARTS) is 1. The molecule has 1 fully saturated rings. The van der Waals surface area contributed by atoms with E-state index >= 15 is 0 Å². The van der Waals surface area contributed by atoms with E-state index in [1.54, 1.807) is 6.07 Å². The number of nitriles is 1. The quantitative estimate of drug-likeness (QED) is 0.269. The molecule has 0 saturated carbocycles. The normalized spacial score (nSPS) is 15.7. The highest BCUT2D eigenvalue weighted by molar-refractivity contribution is 8.14. The zero-order valence-electron chi connectivity index (χ0n) is 13.5. The minimum Gasteiger partial charge on any atom is -0.480 e. The lowest BCUT2D eigenvalue weighted by molar-refractivity contribution is -0.141. The number of nitrogens with zero attached hydrogens (tertiary/aromatic N) is 2. The molecule has 1 heterocycles. The maximum Gasteiger partial charge on any atom is 0.326 e. The minimum atomic E-state index is -1.17. The number of imide groups is 1. The third kappa shape index (κ3) is 6.67.